The normalized spacial score (nSPS) is 11.1. The van der Waals surface area contributed by atoms with Gasteiger partial charge in [-0.2, -0.15) is 0 Å². The van der Waals surface area contributed by atoms with Gasteiger partial charge in [-0.3, -0.25) is 0 Å². The molecular formula is C11H12BrF3N2O2. The van der Waals surface area contributed by atoms with E-state index in [9.17, 15) is 18.0 Å². The first-order chi connectivity index (χ1) is 8.73. The van der Waals surface area contributed by atoms with Gasteiger partial charge in [-0.15, -0.1) is 13.2 Å². The van der Waals surface area contributed by atoms with Gasteiger partial charge in [0.15, 0.2) is 0 Å². The molecule has 0 aliphatic heterocycles. The molecule has 0 bridgehead atoms. The molecule has 4 nitrogen and oxygen atoms in total. The number of amides is 2. The van der Waals surface area contributed by atoms with E-state index in [0.29, 0.717) is 12.2 Å². The molecule has 8 heteroatoms. The van der Waals surface area contributed by atoms with Gasteiger partial charge in [0, 0.05) is 19.3 Å². The molecule has 106 valence electrons. The Hall–Kier alpha value is -1.44. The molecule has 19 heavy (non-hydrogen) atoms. The number of carbonyl (C=O) groups excluding carboxylic acids is 1. The van der Waals surface area contributed by atoms with Crippen molar-refractivity contribution in [2.24, 2.45) is 0 Å². The van der Waals surface area contributed by atoms with Gasteiger partial charge in [0.2, 0.25) is 0 Å². The van der Waals surface area contributed by atoms with Crippen LogP contribution in [0.4, 0.5) is 23.7 Å². The highest BCUT2D eigenvalue weighted by Gasteiger charge is 2.31. The first-order valence-corrected chi connectivity index (χ1v) is 6.09. The summed E-state index contributed by atoms with van der Waals surface area (Å²) in [4.78, 5) is 13.0. The molecule has 1 aromatic rings. The lowest BCUT2D eigenvalue weighted by Crippen LogP contribution is -2.30. The summed E-state index contributed by atoms with van der Waals surface area (Å²) < 4.78 is 40.1. The summed E-state index contributed by atoms with van der Waals surface area (Å²) in [5.74, 6) is -0.366. The van der Waals surface area contributed by atoms with Crippen molar-refractivity contribution in [3.8, 4) is 5.75 Å². The van der Waals surface area contributed by atoms with E-state index in [1.165, 1.54) is 17.0 Å². The fourth-order valence-corrected chi connectivity index (χ4v) is 1.61. The van der Waals surface area contributed by atoms with Crippen molar-refractivity contribution < 1.29 is 22.7 Å². The highest BCUT2D eigenvalue weighted by atomic mass is 79.9. The van der Waals surface area contributed by atoms with Crippen LogP contribution in [0.25, 0.3) is 0 Å². The van der Waals surface area contributed by atoms with Crippen molar-refractivity contribution >= 4 is 27.6 Å². The van der Waals surface area contributed by atoms with Gasteiger partial charge in [0.1, 0.15) is 5.75 Å². The number of ether oxygens (including phenoxy) is 1. The minimum Gasteiger partial charge on any atom is -0.405 e. The van der Waals surface area contributed by atoms with Crippen LogP contribution in [-0.2, 0) is 0 Å². The standard InChI is InChI=1S/C11H12BrF3N2O2/c1-3-17(2)10(18)16-7-4-5-9(8(12)6-7)19-11(13,14)15/h4-6H,3H2,1-2H3,(H,16,18). The number of carbonyl (C=O) groups is 1. The van der Waals surface area contributed by atoms with E-state index in [-0.39, 0.29) is 16.3 Å². The second-order valence-electron chi connectivity index (χ2n) is 3.64. The summed E-state index contributed by atoms with van der Waals surface area (Å²) in [6.45, 7) is 2.32. The number of benzene rings is 1. The van der Waals surface area contributed by atoms with Crippen LogP contribution in [0.2, 0.25) is 0 Å². The Morgan fingerprint density at radius 1 is 1.47 bits per heavy atom. The highest BCUT2D eigenvalue weighted by molar-refractivity contribution is 9.10. The van der Waals surface area contributed by atoms with Crippen molar-refractivity contribution in [3.05, 3.63) is 22.7 Å². The van der Waals surface area contributed by atoms with Crippen molar-refractivity contribution in [2.45, 2.75) is 13.3 Å². The van der Waals surface area contributed by atoms with Gasteiger partial charge < -0.3 is 15.0 Å². The number of hydrogen-bond donors (Lipinski definition) is 1. The SMILES string of the molecule is CCN(C)C(=O)Nc1ccc(OC(F)(F)F)c(Br)c1. The zero-order valence-electron chi connectivity index (χ0n) is 10.2. The molecule has 0 aliphatic carbocycles. The third-order valence-corrected chi connectivity index (χ3v) is 2.85. The van der Waals surface area contributed by atoms with Gasteiger partial charge >= 0.3 is 12.4 Å². The summed E-state index contributed by atoms with van der Waals surface area (Å²) >= 11 is 2.95. The summed E-state index contributed by atoms with van der Waals surface area (Å²) in [6.07, 6.45) is -4.75. The lowest BCUT2D eigenvalue weighted by atomic mass is 10.3. The number of alkyl halides is 3. The number of hydrogen-bond acceptors (Lipinski definition) is 2. The minimum absolute atomic E-state index is 0.0989. The van der Waals surface area contributed by atoms with Crippen molar-refractivity contribution in [3.63, 3.8) is 0 Å². The second-order valence-corrected chi connectivity index (χ2v) is 4.49. The first kappa shape index (κ1) is 15.6. The number of nitrogens with one attached hydrogen (secondary N) is 1. The Bertz CT molecular complexity index is 466. The van der Waals surface area contributed by atoms with E-state index in [2.05, 4.69) is 26.0 Å². The van der Waals surface area contributed by atoms with Crippen LogP contribution in [0.5, 0.6) is 5.75 Å². The molecule has 0 saturated heterocycles. The topological polar surface area (TPSA) is 41.6 Å². The molecule has 0 aromatic heterocycles. The Balaban J connectivity index is 2.80. The minimum atomic E-state index is -4.75. The molecule has 1 aromatic carbocycles. The first-order valence-electron chi connectivity index (χ1n) is 5.30. The second kappa shape index (κ2) is 6.14. The lowest BCUT2D eigenvalue weighted by molar-refractivity contribution is -0.274. The molecule has 0 radical (unpaired) electrons. The predicted molar refractivity (Wildman–Crippen MR) is 68.1 cm³/mol. The zero-order valence-corrected chi connectivity index (χ0v) is 11.8. The molecule has 1 N–H and O–H groups in total. The average Bonchev–Trinajstić information content (AvgIpc) is 2.30. The Morgan fingerprint density at radius 3 is 2.58 bits per heavy atom. The average molecular weight is 341 g/mol. The molecule has 0 heterocycles. The van der Waals surface area contributed by atoms with Gasteiger partial charge in [-0.25, -0.2) is 4.79 Å². The van der Waals surface area contributed by atoms with Crippen LogP contribution >= 0.6 is 15.9 Å². The van der Waals surface area contributed by atoms with Crippen molar-refractivity contribution in [1.82, 2.24) is 4.90 Å². The van der Waals surface area contributed by atoms with Crippen LogP contribution in [0.3, 0.4) is 0 Å². The number of nitrogens with zero attached hydrogens (tertiary/aromatic N) is 1. The number of urea groups is 1. The van der Waals surface area contributed by atoms with E-state index < -0.39 is 6.36 Å². The number of rotatable bonds is 3. The molecule has 0 aliphatic rings. The third-order valence-electron chi connectivity index (χ3n) is 2.23. The van der Waals surface area contributed by atoms with Crippen molar-refractivity contribution in [1.29, 1.82) is 0 Å². The lowest BCUT2D eigenvalue weighted by Gasteiger charge is -2.16. The molecule has 1 rings (SSSR count). The van der Waals surface area contributed by atoms with Gasteiger partial charge in [-0.1, -0.05) is 0 Å². The van der Waals surface area contributed by atoms with Crippen LogP contribution < -0.4 is 10.1 Å². The molecule has 0 spiro atoms. The largest absolute Gasteiger partial charge is 0.573 e. The van der Waals surface area contributed by atoms with Crippen LogP contribution in [0, 0.1) is 0 Å². The Kier molecular flexibility index (Phi) is 5.04. The van der Waals surface area contributed by atoms with E-state index in [4.69, 9.17) is 0 Å². The van der Waals surface area contributed by atoms with Gasteiger partial charge in [-0.05, 0) is 41.1 Å². The maximum absolute atomic E-state index is 12.1. The molecular weight excluding hydrogens is 329 g/mol. The number of anilines is 1. The Labute approximate surface area is 116 Å². The van der Waals surface area contributed by atoms with E-state index >= 15 is 0 Å². The summed E-state index contributed by atoms with van der Waals surface area (Å²) in [5.41, 5.74) is 0.367. The van der Waals surface area contributed by atoms with Crippen LogP contribution in [-0.4, -0.2) is 30.9 Å². The molecule has 0 unspecified atom stereocenters. The van der Waals surface area contributed by atoms with E-state index in [1.807, 2.05) is 0 Å². The quantitative estimate of drug-likeness (QED) is 0.908. The monoisotopic (exact) mass is 340 g/mol. The summed E-state index contributed by atoms with van der Waals surface area (Å²) in [5, 5.41) is 2.54. The van der Waals surface area contributed by atoms with E-state index in [1.54, 1.807) is 14.0 Å². The molecule has 0 saturated carbocycles. The van der Waals surface area contributed by atoms with Crippen LogP contribution in [0.1, 0.15) is 6.92 Å². The molecule has 0 atom stereocenters. The maximum Gasteiger partial charge on any atom is 0.573 e. The van der Waals surface area contributed by atoms with E-state index in [0.717, 1.165) is 6.07 Å². The fourth-order valence-electron chi connectivity index (χ4n) is 1.15. The Morgan fingerprint density at radius 2 is 2.11 bits per heavy atom. The van der Waals surface area contributed by atoms with Crippen molar-refractivity contribution in [2.75, 3.05) is 18.9 Å². The van der Waals surface area contributed by atoms with Crippen LogP contribution in [0.15, 0.2) is 22.7 Å². The predicted octanol–water partition coefficient (Wildman–Crippen LogP) is 3.83. The summed E-state index contributed by atoms with van der Waals surface area (Å²) in [7, 11) is 1.60. The van der Waals surface area contributed by atoms with Gasteiger partial charge in [0.05, 0.1) is 4.47 Å². The third kappa shape index (κ3) is 4.98. The zero-order chi connectivity index (χ0) is 14.6. The maximum atomic E-state index is 12.1. The van der Waals surface area contributed by atoms with Gasteiger partial charge in [0.25, 0.3) is 0 Å². The molecule has 2 amide bonds. The highest BCUT2D eigenvalue weighted by Crippen LogP contribution is 2.32. The smallest absolute Gasteiger partial charge is 0.405 e. The fraction of sp³-hybridized carbons (Fsp3) is 0.364. The summed E-state index contributed by atoms with van der Waals surface area (Å²) in [6, 6.07) is 3.44. The molecule has 0 fully saturated rings. The number of halogens is 4.